The van der Waals surface area contributed by atoms with Crippen molar-refractivity contribution in [2.24, 2.45) is 41.4 Å². The lowest BCUT2D eigenvalue weighted by atomic mass is 9.72. The molecule has 0 nitrogen and oxygen atoms in total. The van der Waals surface area contributed by atoms with Gasteiger partial charge >= 0.3 is 0 Å². The van der Waals surface area contributed by atoms with Crippen molar-refractivity contribution in [3.8, 4) is 0 Å². The zero-order valence-corrected chi connectivity index (χ0v) is 25.2. The molecule has 0 aromatic carbocycles. The highest BCUT2D eigenvalue weighted by Gasteiger charge is 2.37. The van der Waals surface area contributed by atoms with Crippen LogP contribution in [0, 0.1) is 41.4 Å². The van der Waals surface area contributed by atoms with E-state index >= 15 is 0 Å². The zero-order chi connectivity index (χ0) is 20.6. The Morgan fingerprint density at radius 3 is 1.54 bits per heavy atom. The quantitative estimate of drug-likeness (QED) is 0.133. The predicted octanol–water partition coefficient (Wildman–Crippen LogP) is 9.45. The van der Waals surface area contributed by atoms with Gasteiger partial charge in [0.25, 0.3) is 0 Å². The minimum Gasteiger partial charge on any atom is -0.0823 e. The minimum atomic E-state index is 0.763. The van der Waals surface area contributed by atoms with Gasteiger partial charge in [-0.3, -0.25) is 0 Å². The molecule has 0 aliphatic heterocycles. The first-order valence-electron chi connectivity index (χ1n) is 11.0. The van der Waals surface area contributed by atoms with Crippen LogP contribution in [0.3, 0.4) is 0 Å². The van der Waals surface area contributed by atoms with Crippen molar-refractivity contribution in [2.45, 2.75) is 99.8 Å². The molecule has 0 aromatic rings. The van der Waals surface area contributed by atoms with Crippen molar-refractivity contribution in [3.63, 3.8) is 0 Å². The van der Waals surface area contributed by atoms with E-state index < -0.39 is 0 Å². The fourth-order valence-electron chi connectivity index (χ4n) is 4.37. The first-order chi connectivity index (χ1) is 12.0. The summed E-state index contributed by atoms with van der Waals surface area (Å²) >= 11 is 8.30. The van der Waals surface area contributed by atoms with E-state index in [1.807, 2.05) is 0 Å². The first-order valence-corrected chi connectivity index (χ1v) is 14.7. The summed E-state index contributed by atoms with van der Waals surface area (Å²) in [5.41, 5.74) is 0. The SMILES string of the molecule is CCCC(I)C(C)C(C)C(I)C(C)C(I)C(CC)C(C)C(C)[C@@H](C)CC. The smallest absolute Gasteiger partial charge is 0.0176 e. The average molecular weight is 702 g/mol. The highest BCUT2D eigenvalue weighted by atomic mass is 127. The van der Waals surface area contributed by atoms with Gasteiger partial charge in [-0.05, 0) is 47.8 Å². The third-order valence-corrected chi connectivity index (χ3v) is 13.5. The number of alkyl halides is 3. The molecule has 0 rings (SSSR count). The van der Waals surface area contributed by atoms with E-state index in [2.05, 4.69) is 130 Å². The monoisotopic (exact) mass is 702 g/mol. The molecule has 0 saturated heterocycles. The normalized spacial score (nSPS) is 24.0. The van der Waals surface area contributed by atoms with E-state index in [4.69, 9.17) is 0 Å². The van der Waals surface area contributed by atoms with Crippen molar-refractivity contribution >= 4 is 67.8 Å². The predicted molar refractivity (Wildman–Crippen MR) is 147 cm³/mol. The molecule has 9 unspecified atom stereocenters. The van der Waals surface area contributed by atoms with Crippen LogP contribution < -0.4 is 0 Å². The van der Waals surface area contributed by atoms with Crippen molar-refractivity contribution < 1.29 is 0 Å². The Balaban J connectivity index is 5.10. The Kier molecular flexibility index (Phi) is 15.4. The molecule has 26 heavy (non-hydrogen) atoms. The summed E-state index contributed by atoms with van der Waals surface area (Å²) in [6.07, 6.45) is 5.29. The number of hydrogen-bond donors (Lipinski definition) is 0. The molecule has 0 amide bonds. The molecule has 0 N–H and O–H groups in total. The number of halogens is 3. The average Bonchev–Trinajstić information content (AvgIpc) is 2.64. The maximum Gasteiger partial charge on any atom is 0.0176 e. The highest BCUT2D eigenvalue weighted by molar-refractivity contribution is 14.1. The molecule has 158 valence electrons. The molecule has 0 spiro atoms. The van der Waals surface area contributed by atoms with Gasteiger partial charge in [0, 0.05) is 11.8 Å². The molecular weight excluding hydrogens is 657 g/mol. The van der Waals surface area contributed by atoms with E-state index in [1.165, 1.54) is 25.7 Å². The standard InChI is InChI=1S/C23H45I3/c1-10-13-21(24)17(7)18(8)22(25)19(9)23(26)20(12-3)16(6)15(5)14(4)11-2/h14-23H,10-13H2,1-9H3/t14-,15?,16?,17?,18?,19?,20?,21?,22?,23?/m0/s1. The lowest BCUT2D eigenvalue weighted by molar-refractivity contribution is 0.175. The van der Waals surface area contributed by atoms with E-state index in [1.54, 1.807) is 0 Å². The fraction of sp³-hybridized carbons (Fsp3) is 1.00. The molecule has 10 atom stereocenters. The molecule has 0 aliphatic carbocycles. The minimum absolute atomic E-state index is 0.763. The van der Waals surface area contributed by atoms with Crippen molar-refractivity contribution in [3.05, 3.63) is 0 Å². The van der Waals surface area contributed by atoms with Gasteiger partial charge in [-0.15, -0.1) is 0 Å². The van der Waals surface area contributed by atoms with Crippen LogP contribution in [0.4, 0.5) is 0 Å². The molecule has 0 heterocycles. The Morgan fingerprint density at radius 1 is 0.577 bits per heavy atom. The third-order valence-electron chi connectivity index (χ3n) is 7.40. The summed E-state index contributed by atoms with van der Waals surface area (Å²) < 4.78 is 2.35. The maximum atomic E-state index is 2.81. The Morgan fingerprint density at radius 2 is 1.12 bits per heavy atom. The maximum absolute atomic E-state index is 2.81. The molecule has 0 fully saturated rings. The van der Waals surface area contributed by atoms with Crippen molar-refractivity contribution in [1.29, 1.82) is 0 Å². The van der Waals surface area contributed by atoms with Crippen LogP contribution in [0.5, 0.6) is 0 Å². The van der Waals surface area contributed by atoms with Crippen LogP contribution in [0.1, 0.15) is 88.0 Å². The van der Waals surface area contributed by atoms with E-state index in [0.717, 1.165) is 53.2 Å². The van der Waals surface area contributed by atoms with Gasteiger partial charge in [0.15, 0.2) is 0 Å². The van der Waals surface area contributed by atoms with Gasteiger partial charge < -0.3 is 0 Å². The molecular formula is C23H45I3. The molecule has 3 heteroatoms. The van der Waals surface area contributed by atoms with Crippen LogP contribution in [0.2, 0.25) is 0 Å². The number of rotatable bonds is 13. The fourth-order valence-corrected chi connectivity index (χ4v) is 9.15. The van der Waals surface area contributed by atoms with E-state index in [9.17, 15) is 0 Å². The van der Waals surface area contributed by atoms with Crippen LogP contribution in [-0.4, -0.2) is 11.8 Å². The largest absolute Gasteiger partial charge is 0.0823 e. The molecule has 0 saturated carbocycles. The van der Waals surface area contributed by atoms with Gasteiger partial charge in [-0.25, -0.2) is 0 Å². The van der Waals surface area contributed by atoms with Gasteiger partial charge in [-0.1, -0.05) is 149 Å². The van der Waals surface area contributed by atoms with E-state index in [-0.39, 0.29) is 0 Å². The third kappa shape index (κ3) is 8.14. The van der Waals surface area contributed by atoms with Gasteiger partial charge in [0.1, 0.15) is 0 Å². The lowest BCUT2D eigenvalue weighted by Crippen LogP contribution is -2.38. The molecule has 0 radical (unpaired) electrons. The molecule has 0 aromatic heterocycles. The van der Waals surface area contributed by atoms with Gasteiger partial charge in [0.2, 0.25) is 0 Å². The second-order valence-corrected chi connectivity index (χ2v) is 13.4. The second kappa shape index (κ2) is 14.2. The summed E-state index contributed by atoms with van der Waals surface area (Å²) in [6.45, 7) is 22.1. The Bertz CT molecular complexity index is 359. The zero-order valence-electron chi connectivity index (χ0n) is 18.7. The van der Waals surface area contributed by atoms with Crippen LogP contribution in [0.15, 0.2) is 0 Å². The number of hydrogen-bond acceptors (Lipinski definition) is 0. The Labute approximate surface area is 207 Å². The van der Waals surface area contributed by atoms with Crippen molar-refractivity contribution in [1.82, 2.24) is 0 Å². The van der Waals surface area contributed by atoms with Crippen LogP contribution in [-0.2, 0) is 0 Å². The second-order valence-electron chi connectivity index (χ2n) is 8.95. The highest BCUT2D eigenvalue weighted by Crippen LogP contribution is 2.42. The summed E-state index contributed by atoms with van der Waals surface area (Å²) in [5, 5.41) is 0. The summed E-state index contributed by atoms with van der Waals surface area (Å²) in [4.78, 5) is 0. The summed E-state index contributed by atoms with van der Waals surface area (Å²) in [6, 6.07) is 0. The summed E-state index contributed by atoms with van der Waals surface area (Å²) in [5.74, 6) is 5.67. The van der Waals surface area contributed by atoms with Gasteiger partial charge in [0.05, 0.1) is 0 Å². The van der Waals surface area contributed by atoms with Crippen LogP contribution >= 0.6 is 67.8 Å². The van der Waals surface area contributed by atoms with Gasteiger partial charge in [-0.2, -0.15) is 0 Å². The molecule has 0 bridgehead atoms. The topological polar surface area (TPSA) is 0 Å². The first kappa shape index (κ1) is 28.2. The van der Waals surface area contributed by atoms with Crippen LogP contribution in [0.25, 0.3) is 0 Å². The molecule has 0 aliphatic rings. The summed E-state index contributed by atoms with van der Waals surface area (Å²) in [7, 11) is 0. The lowest BCUT2D eigenvalue weighted by Gasteiger charge is -2.40. The van der Waals surface area contributed by atoms with E-state index in [0.29, 0.717) is 0 Å². The Hall–Kier alpha value is 2.19. The van der Waals surface area contributed by atoms with Crippen molar-refractivity contribution in [2.75, 3.05) is 0 Å².